The Balaban J connectivity index is 1.82. The maximum absolute atomic E-state index is 10.4. The summed E-state index contributed by atoms with van der Waals surface area (Å²) < 4.78 is 1.04. The van der Waals surface area contributed by atoms with Gasteiger partial charge < -0.3 is 10.2 Å². The van der Waals surface area contributed by atoms with Crippen molar-refractivity contribution < 1.29 is 10.2 Å². The van der Waals surface area contributed by atoms with Crippen molar-refractivity contribution in [3.63, 3.8) is 0 Å². The second-order valence-electron chi connectivity index (χ2n) is 6.19. The molecule has 1 aliphatic rings. The molecular formula is C20H21BrO2. The van der Waals surface area contributed by atoms with E-state index >= 15 is 0 Å². The number of hydrogen-bond donors (Lipinski definition) is 2. The van der Waals surface area contributed by atoms with Crippen LogP contribution in [0.4, 0.5) is 0 Å². The second kappa shape index (κ2) is 7.22. The fourth-order valence-corrected chi connectivity index (χ4v) is 3.58. The van der Waals surface area contributed by atoms with Gasteiger partial charge in [-0.15, -0.1) is 0 Å². The van der Waals surface area contributed by atoms with Crippen LogP contribution in [-0.4, -0.2) is 10.2 Å². The van der Waals surface area contributed by atoms with Crippen LogP contribution in [0.3, 0.4) is 0 Å². The molecule has 0 unspecified atom stereocenters. The van der Waals surface area contributed by atoms with E-state index in [9.17, 15) is 10.2 Å². The smallest absolute Gasteiger partial charge is 0.123 e. The van der Waals surface area contributed by atoms with E-state index in [2.05, 4.69) is 15.9 Å². The Morgan fingerprint density at radius 3 is 2.00 bits per heavy atom. The normalized spacial score (nSPS) is 16.0. The van der Waals surface area contributed by atoms with Crippen LogP contribution in [-0.2, 0) is 0 Å². The Morgan fingerprint density at radius 1 is 0.826 bits per heavy atom. The molecule has 0 bridgehead atoms. The van der Waals surface area contributed by atoms with E-state index in [1.54, 1.807) is 12.1 Å². The van der Waals surface area contributed by atoms with Crippen LogP contribution in [0.2, 0.25) is 0 Å². The number of phenols is 2. The molecule has 1 aliphatic carbocycles. The first-order valence-electron chi connectivity index (χ1n) is 8.13. The highest BCUT2D eigenvalue weighted by molar-refractivity contribution is 9.10. The van der Waals surface area contributed by atoms with Gasteiger partial charge in [-0.3, -0.25) is 0 Å². The van der Waals surface area contributed by atoms with Crippen LogP contribution in [0, 0.1) is 0 Å². The van der Waals surface area contributed by atoms with Crippen LogP contribution < -0.4 is 0 Å². The lowest BCUT2D eigenvalue weighted by Crippen LogP contribution is -2.05. The Labute approximate surface area is 145 Å². The second-order valence-corrected chi connectivity index (χ2v) is 7.11. The van der Waals surface area contributed by atoms with E-state index in [4.69, 9.17) is 0 Å². The van der Waals surface area contributed by atoms with Crippen molar-refractivity contribution in [1.82, 2.24) is 0 Å². The van der Waals surface area contributed by atoms with Gasteiger partial charge in [0.2, 0.25) is 0 Å². The van der Waals surface area contributed by atoms with Gasteiger partial charge in [0.25, 0.3) is 0 Å². The van der Waals surface area contributed by atoms with Crippen LogP contribution >= 0.6 is 15.9 Å². The molecule has 0 heterocycles. The van der Waals surface area contributed by atoms with Crippen molar-refractivity contribution in [1.29, 1.82) is 0 Å². The molecule has 2 nitrogen and oxygen atoms in total. The van der Waals surface area contributed by atoms with E-state index in [1.165, 1.54) is 19.3 Å². The molecule has 0 amide bonds. The van der Waals surface area contributed by atoms with E-state index in [-0.39, 0.29) is 17.4 Å². The Bertz CT molecular complexity index is 675. The summed E-state index contributed by atoms with van der Waals surface area (Å²) in [6, 6.07) is 11.5. The zero-order valence-corrected chi connectivity index (χ0v) is 14.6. The lowest BCUT2D eigenvalue weighted by molar-refractivity contribution is 0.389. The van der Waals surface area contributed by atoms with E-state index < -0.39 is 0 Å². The lowest BCUT2D eigenvalue weighted by atomic mass is 9.83. The molecule has 0 saturated heterocycles. The quantitative estimate of drug-likeness (QED) is 0.641. The highest BCUT2D eigenvalue weighted by atomic mass is 79.9. The summed E-state index contributed by atoms with van der Waals surface area (Å²) in [5, 5.41) is 20.7. The van der Waals surface area contributed by atoms with E-state index in [0.717, 1.165) is 34.0 Å². The predicted octanol–water partition coefficient (Wildman–Crippen LogP) is 6.08. The number of benzene rings is 2. The zero-order valence-electron chi connectivity index (χ0n) is 13.0. The average molecular weight is 373 g/mol. The van der Waals surface area contributed by atoms with Gasteiger partial charge in [0.05, 0.1) is 0 Å². The number of hydrogen-bond acceptors (Lipinski definition) is 2. The summed E-state index contributed by atoms with van der Waals surface area (Å²) in [5.41, 5.74) is 2.61. The van der Waals surface area contributed by atoms with Gasteiger partial charge in [0.15, 0.2) is 0 Å². The molecule has 2 N–H and O–H groups in total. The molecule has 1 fully saturated rings. The molecule has 0 aromatic heterocycles. The van der Waals surface area contributed by atoms with Crippen molar-refractivity contribution in [3.8, 4) is 11.5 Å². The predicted molar refractivity (Wildman–Crippen MR) is 98.7 cm³/mol. The van der Waals surface area contributed by atoms with Crippen molar-refractivity contribution in [2.45, 2.75) is 38.0 Å². The molecule has 3 heteroatoms. The molecule has 120 valence electrons. The molecule has 3 rings (SSSR count). The zero-order chi connectivity index (χ0) is 16.2. The van der Waals surface area contributed by atoms with Gasteiger partial charge in [-0.1, -0.05) is 59.5 Å². The minimum atomic E-state index is 0.215. The first kappa shape index (κ1) is 16.1. The van der Waals surface area contributed by atoms with Crippen LogP contribution in [0.1, 0.15) is 54.7 Å². The van der Waals surface area contributed by atoms with Gasteiger partial charge in [0, 0.05) is 10.0 Å². The van der Waals surface area contributed by atoms with Crippen LogP contribution in [0.15, 0.2) is 40.9 Å². The molecule has 1 saturated carbocycles. The Morgan fingerprint density at radius 2 is 1.39 bits per heavy atom. The highest BCUT2D eigenvalue weighted by Gasteiger charge is 2.22. The fourth-order valence-electron chi connectivity index (χ4n) is 3.32. The van der Waals surface area contributed by atoms with Crippen molar-refractivity contribution >= 4 is 28.1 Å². The van der Waals surface area contributed by atoms with E-state index in [1.807, 2.05) is 36.4 Å². The average Bonchev–Trinajstić information content (AvgIpc) is 2.55. The molecule has 0 atom stereocenters. The van der Waals surface area contributed by atoms with Crippen molar-refractivity contribution in [2.24, 2.45) is 0 Å². The van der Waals surface area contributed by atoms with E-state index in [0.29, 0.717) is 0 Å². The molecule has 23 heavy (non-hydrogen) atoms. The molecule has 2 aromatic carbocycles. The van der Waals surface area contributed by atoms with Crippen LogP contribution in [0.25, 0.3) is 12.2 Å². The summed E-state index contributed by atoms with van der Waals surface area (Å²) in [6.07, 6.45) is 9.59. The third kappa shape index (κ3) is 3.97. The summed E-state index contributed by atoms with van der Waals surface area (Å²) in [5.74, 6) is 0.716. The van der Waals surface area contributed by atoms with Gasteiger partial charge >= 0.3 is 0 Å². The van der Waals surface area contributed by atoms with Gasteiger partial charge in [0.1, 0.15) is 11.5 Å². The lowest BCUT2D eigenvalue weighted by Gasteiger charge is -2.23. The fraction of sp³-hybridized carbons (Fsp3) is 0.300. The Kier molecular flexibility index (Phi) is 5.06. The maximum atomic E-state index is 10.4. The maximum Gasteiger partial charge on any atom is 0.123 e. The SMILES string of the molecule is Oc1cc(/C=C/c2ccc(Br)cc2)cc(O)c1C1CCCCC1. The summed E-state index contributed by atoms with van der Waals surface area (Å²) in [6.45, 7) is 0. The number of aromatic hydroxyl groups is 2. The highest BCUT2D eigenvalue weighted by Crippen LogP contribution is 2.42. The van der Waals surface area contributed by atoms with Gasteiger partial charge in [-0.25, -0.2) is 0 Å². The minimum absolute atomic E-state index is 0.215. The number of halogens is 1. The third-order valence-corrected chi connectivity index (χ3v) is 5.04. The van der Waals surface area contributed by atoms with Crippen molar-refractivity contribution in [3.05, 3.63) is 57.6 Å². The summed E-state index contributed by atoms with van der Waals surface area (Å²) in [7, 11) is 0. The molecule has 0 radical (unpaired) electrons. The molecule has 0 aliphatic heterocycles. The number of phenolic OH excluding ortho intramolecular Hbond substituents is 2. The van der Waals surface area contributed by atoms with Crippen LogP contribution in [0.5, 0.6) is 11.5 Å². The largest absolute Gasteiger partial charge is 0.507 e. The Hall–Kier alpha value is -1.74. The van der Waals surface area contributed by atoms with Gasteiger partial charge in [-0.05, 0) is 54.2 Å². The molecule has 2 aromatic rings. The standard InChI is InChI=1S/C20H21BrO2/c21-17-10-8-14(9-11-17)6-7-15-12-18(22)20(19(23)13-15)16-4-2-1-3-5-16/h6-13,16,22-23H,1-5H2/b7-6+. The summed E-state index contributed by atoms with van der Waals surface area (Å²) in [4.78, 5) is 0. The minimum Gasteiger partial charge on any atom is -0.507 e. The topological polar surface area (TPSA) is 40.5 Å². The summed E-state index contributed by atoms with van der Waals surface area (Å²) >= 11 is 3.42. The molecule has 0 spiro atoms. The first-order chi connectivity index (χ1) is 11.1. The van der Waals surface area contributed by atoms with Crippen molar-refractivity contribution in [2.75, 3.05) is 0 Å². The molecular weight excluding hydrogens is 352 g/mol. The monoisotopic (exact) mass is 372 g/mol. The van der Waals surface area contributed by atoms with Gasteiger partial charge in [-0.2, -0.15) is 0 Å². The first-order valence-corrected chi connectivity index (χ1v) is 8.92. The number of rotatable bonds is 3. The third-order valence-electron chi connectivity index (χ3n) is 4.51.